The molecule has 1 atom stereocenters. The predicted octanol–water partition coefficient (Wildman–Crippen LogP) is 2.20. The molecule has 1 amide bonds. The van der Waals surface area contributed by atoms with Gasteiger partial charge in [-0.3, -0.25) is 9.59 Å². The lowest BCUT2D eigenvalue weighted by Crippen LogP contribution is -2.42. The first-order valence-corrected chi connectivity index (χ1v) is 7.04. The number of aromatic nitrogens is 1. The summed E-state index contributed by atoms with van der Waals surface area (Å²) in [5, 5.41) is 21.3. The molecule has 0 aliphatic heterocycles. The molecule has 7 nitrogen and oxygen atoms in total. The van der Waals surface area contributed by atoms with Crippen LogP contribution in [0.2, 0.25) is 10.2 Å². The normalized spacial score (nSPS) is 11.9. The number of carbonyl (C=O) groups is 3. The van der Waals surface area contributed by atoms with Gasteiger partial charge in [0.25, 0.3) is 5.91 Å². The zero-order valence-corrected chi connectivity index (χ0v) is 12.9. The summed E-state index contributed by atoms with van der Waals surface area (Å²) in [5.74, 6) is -3.52. The standard InChI is InChI=1S/C14H10Cl2N2O5/c15-9-5-17-12(16)8-3-6(1-2-7(8)9)13(21)18-10(14(22)23)4-11(19)20/h1-3,5,10H,4H2,(H,18,21)(H,19,20)(H,22,23)/t10-/m0/s1. The number of amides is 1. The van der Waals surface area contributed by atoms with E-state index in [1.54, 1.807) is 6.07 Å². The summed E-state index contributed by atoms with van der Waals surface area (Å²) in [5.41, 5.74) is 0.111. The van der Waals surface area contributed by atoms with Crippen molar-refractivity contribution in [2.75, 3.05) is 0 Å². The molecule has 0 saturated heterocycles. The van der Waals surface area contributed by atoms with Gasteiger partial charge in [0.05, 0.1) is 11.4 Å². The van der Waals surface area contributed by atoms with Crippen molar-refractivity contribution >= 4 is 51.8 Å². The van der Waals surface area contributed by atoms with Crippen molar-refractivity contribution in [3.8, 4) is 0 Å². The Bertz CT molecular complexity index is 809. The van der Waals surface area contributed by atoms with E-state index in [0.29, 0.717) is 15.8 Å². The second-order valence-corrected chi connectivity index (χ2v) is 5.38. The number of carboxylic acid groups (broad SMARTS) is 2. The molecule has 2 aromatic rings. The van der Waals surface area contributed by atoms with Crippen LogP contribution in [-0.2, 0) is 9.59 Å². The Morgan fingerprint density at radius 3 is 2.48 bits per heavy atom. The maximum Gasteiger partial charge on any atom is 0.326 e. The van der Waals surface area contributed by atoms with Gasteiger partial charge in [0.1, 0.15) is 11.2 Å². The molecule has 2 rings (SSSR count). The number of pyridine rings is 1. The molecule has 0 bridgehead atoms. The smallest absolute Gasteiger partial charge is 0.326 e. The fourth-order valence-corrected chi connectivity index (χ4v) is 2.35. The van der Waals surface area contributed by atoms with E-state index in [1.165, 1.54) is 18.3 Å². The van der Waals surface area contributed by atoms with Crippen molar-refractivity contribution in [3.05, 3.63) is 40.1 Å². The van der Waals surface area contributed by atoms with E-state index >= 15 is 0 Å². The second kappa shape index (κ2) is 6.80. The van der Waals surface area contributed by atoms with Crippen LogP contribution in [0.4, 0.5) is 0 Å². The maximum absolute atomic E-state index is 12.1. The third-order valence-corrected chi connectivity index (χ3v) is 3.64. The number of nitrogens with one attached hydrogen (secondary N) is 1. The Labute approximate surface area is 139 Å². The summed E-state index contributed by atoms with van der Waals surface area (Å²) in [6.45, 7) is 0. The van der Waals surface area contributed by atoms with Gasteiger partial charge in [-0.1, -0.05) is 29.3 Å². The first kappa shape index (κ1) is 17.0. The van der Waals surface area contributed by atoms with Crippen LogP contribution in [0, 0.1) is 0 Å². The number of hydrogen-bond donors (Lipinski definition) is 3. The van der Waals surface area contributed by atoms with Gasteiger partial charge in [0.15, 0.2) is 0 Å². The van der Waals surface area contributed by atoms with Gasteiger partial charge in [-0.05, 0) is 12.1 Å². The molecule has 0 fully saturated rings. The minimum absolute atomic E-state index is 0.111. The molecule has 1 aromatic heterocycles. The quantitative estimate of drug-likeness (QED) is 0.707. The number of carbonyl (C=O) groups excluding carboxylic acids is 1. The van der Waals surface area contributed by atoms with Gasteiger partial charge in [-0.15, -0.1) is 0 Å². The van der Waals surface area contributed by atoms with Crippen LogP contribution in [0.1, 0.15) is 16.8 Å². The highest BCUT2D eigenvalue weighted by atomic mass is 35.5. The van der Waals surface area contributed by atoms with Gasteiger partial charge in [0, 0.05) is 22.5 Å². The molecule has 1 heterocycles. The van der Waals surface area contributed by atoms with Crippen molar-refractivity contribution in [3.63, 3.8) is 0 Å². The molecule has 3 N–H and O–H groups in total. The van der Waals surface area contributed by atoms with E-state index in [4.69, 9.17) is 33.4 Å². The fraction of sp³-hybridized carbons (Fsp3) is 0.143. The average Bonchev–Trinajstić information content (AvgIpc) is 2.49. The monoisotopic (exact) mass is 356 g/mol. The highest BCUT2D eigenvalue weighted by Crippen LogP contribution is 2.28. The molecule has 0 aliphatic rings. The average molecular weight is 357 g/mol. The Kier molecular flexibility index (Phi) is 5.02. The molecule has 120 valence electrons. The molecular formula is C14H10Cl2N2O5. The SMILES string of the molecule is O=C(O)C[C@H](NC(=O)c1ccc2c(Cl)cnc(Cl)c2c1)C(=O)O. The van der Waals surface area contributed by atoms with Crippen LogP contribution in [0.25, 0.3) is 10.8 Å². The lowest BCUT2D eigenvalue weighted by atomic mass is 10.1. The van der Waals surface area contributed by atoms with Crippen molar-refractivity contribution in [1.29, 1.82) is 0 Å². The first-order chi connectivity index (χ1) is 10.8. The van der Waals surface area contributed by atoms with Crippen LogP contribution < -0.4 is 5.32 Å². The molecular weight excluding hydrogens is 347 g/mol. The third kappa shape index (κ3) is 3.88. The summed E-state index contributed by atoms with van der Waals surface area (Å²) in [6, 6.07) is 2.85. The van der Waals surface area contributed by atoms with Crippen molar-refractivity contribution in [2.24, 2.45) is 0 Å². The number of benzene rings is 1. The second-order valence-electron chi connectivity index (χ2n) is 4.62. The lowest BCUT2D eigenvalue weighted by molar-refractivity contribution is -0.145. The number of halogens is 2. The molecule has 23 heavy (non-hydrogen) atoms. The third-order valence-electron chi connectivity index (χ3n) is 3.03. The highest BCUT2D eigenvalue weighted by Gasteiger charge is 2.23. The van der Waals surface area contributed by atoms with Crippen molar-refractivity contribution in [1.82, 2.24) is 10.3 Å². The van der Waals surface area contributed by atoms with Crippen molar-refractivity contribution in [2.45, 2.75) is 12.5 Å². The summed E-state index contributed by atoms with van der Waals surface area (Å²) in [4.78, 5) is 37.6. The van der Waals surface area contributed by atoms with E-state index in [2.05, 4.69) is 10.3 Å². The number of fused-ring (bicyclic) bond motifs is 1. The molecule has 1 aromatic carbocycles. The number of aliphatic carboxylic acids is 2. The van der Waals surface area contributed by atoms with E-state index in [0.717, 1.165) is 0 Å². The molecule has 0 aliphatic carbocycles. The zero-order chi connectivity index (χ0) is 17.1. The van der Waals surface area contributed by atoms with Crippen LogP contribution >= 0.6 is 23.2 Å². The molecule has 0 radical (unpaired) electrons. The van der Waals surface area contributed by atoms with Crippen LogP contribution in [0.3, 0.4) is 0 Å². The number of carboxylic acids is 2. The Morgan fingerprint density at radius 2 is 1.87 bits per heavy atom. The van der Waals surface area contributed by atoms with Crippen molar-refractivity contribution < 1.29 is 24.6 Å². The summed E-state index contributed by atoms with van der Waals surface area (Å²) < 4.78 is 0. The van der Waals surface area contributed by atoms with E-state index in [-0.39, 0.29) is 10.7 Å². The van der Waals surface area contributed by atoms with Gasteiger partial charge in [0.2, 0.25) is 0 Å². The Morgan fingerprint density at radius 1 is 1.17 bits per heavy atom. The Balaban J connectivity index is 2.32. The van der Waals surface area contributed by atoms with E-state index < -0.39 is 30.3 Å². The minimum atomic E-state index is -1.54. The summed E-state index contributed by atoms with van der Waals surface area (Å²) >= 11 is 11.9. The topological polar surface area (TPSA) is 117 Å². The highest BCUT2D eigenvalue weighted by molar-refractivity contribution is 6.39. The van der Waals surface area contributed by atoms with Gasteiger partial charge >= 0.3 is 11.9 Å². The predicted molar refractivity (Wildman–Crippen MR) is 82.9 cm³/mol. The van der Waals surface area contributed by atoms with Crippen LogP contribution in [0.5, 0.6) is 0 Å². The lowest BCUT2D eigenvalue weighted by Gasteiger charge is -2.13. The number of nitrogens with zero attached hydrogens (tertiary/aromatic N) is 1. The number of rotatable bonds is 5. The maximum atomic E-state index is 12.1. The summed E-state index contributed by atoms with van der Waals surface area (Å²) in [6.07, 6.45) is 0.641. The largest absolute Gasteiger partial charge is 0.481 e. The van der Waals surface area contributed by atoms with Gasteiger partial charge in [-0.2, -0.15) is 0 Å². The first-order valence-electron chi connectivity index (χ1n) is 6.29. The van der Waals surface area contributed by atoms with Gasteiger partial charge < -0.3 is 15.5 Å². The molecule has 0 unspecified atom stereocenters. The van der Waals surface area contributed by atoms with E-state index in [1.807, 2.05) is 0 Å². The zero-order valence-electron chi connectivity index (χ0n) is 11.4. The summed E-state index contributed by atoms with van der Waals surface area (Å²) in [7, 11) is 0. The molecule has 0 spiro atoms. The Hall–Kier alpha value is -2.38. The van der Waals surface area contributed by atoms with Gasteiger partial charge in [-0.25, -0.2) is 9.78 Å². The van der Waals surface area contributed by atoms with Crippen LogP contribution in [-0.4, -0.2) is 39.1 Å². The van der Waals surface area contributed by atoms with Crippen LogP contribution in [0.15, 0.2) is 24.4 Å². The fourth-order valence-electron chi connectivity index (χ4n) is 1.93. The minimum Gasteiger partial charge on any atom is -0.481 e. The molecule has 9 heteroatoms. The number of hydrogen-bond acceptors (Lipinski definition) is 4. The van der Waals surface area contributed by atoms with E-state index in [9.17, 15) is 14.4 Å². The molecule has 0 saturated carbocycles.